The molecule has 3 rings (SSSR count). The molecular weight excluding hydrogens is 240 g/mol. The van der Waals surface area contributed by atoms with Crippen molar-refractivity contribution in [2.24, 2.45) is 5.92 Å². The van der Waals surface area contributed by atoms with Gasteiger partial charge < -0.3 is 9.64 Å². The van der Waals surface area contributed by atoms with Gasteiger partial charge in [-0.1, -0.05) is 0 Å². The van der Waals surface area contributed by atoms with Crippen LogP contribution in [0.15, 0.2) is 0 Å². The molecule has 0 spiro atoms. The number of nitrogens with zero attached hydrogens (tertiary/aromatic N) is 2. The third kappa shape index (κ3) is 2.79. The summed E-state index contributed by atoms with van der Waals surface area (Å²) < 4.78 is 5.47. The van der Waals surface area contributed by atoms with Gasteiger partial charge in [0.25, 0.3) is 0 Å². The van der Waals surface area contributed by atoms with E-state index in [1.165, 1.54) is 25.8 Å². The van der Waals surface area contributed by atoms with Crippen LogP contribution in [-0.2, 0) is 9.53 Å². The lowest BCUT2D eigenvalue weighted by molar-refractivity contribution is -0.133. The Morgan fingerprint density at radius 2 is 1.95 bits per heavy atom. The van der Waals surface area contributed by atoms with Crippen LogP contribution in [0.1, 0.15) is 38.5 Å². The summed E-state index contributed by atoms with van der Waals surface area (Å²) in [5.41, 5.74) is 0. The quantitative estimate of drug-likeness (QED) is 0.721. The number of fused-ring (bicyclic) bond motifs is 1. The van der Waals surface area contributed by atoms with Crippen molar-refractivity contribution in [1.29, 1.82) is 0 Å². The highest BCUT2D eigenvalue weighted by Gasteiger charge is 2.37. The minimum atomic E-state index is 0.354. The maximum Gasteiger partial charge on any atom is 0.222 e. The van der Waals surface area contributed by atoms with Crippen LogP contribution >= 0.6 is 0 Å². The number of amides is 1. The molecule has 4 heteroatoms. The highest BCUT2D eigenvalue weighted by molar-refractivity contribution is 5.76. The van der Waals surface area contributed by atoms with Crippen molar-refractivity contribution in [2.45, 2.75) is 50.6 Å². The monoisotopic (exact) mass is 266 g/mol. The van der Waals surface area contributed by atoms with Crippen LogP contribution in [0.5, 0.6) is 0 Å². The van der Waals surface area contributed by atoms with Crippen LogP contribution < -0.4 is 0 Å². The molecule has 3 aliphatic heterocycles. The van der Waals surface area contributed by atoms with Gasteiger partial charge in [0, 0.05) is 51.9 Å². The molecule has 0 saturated carbocycles. The lowest BCUT2D eigenvalue weighted by Gasteiger charge is -2.45. The standard InChI is InChI=1S/C15H26N2O2/c1-16-14-5-8-17(13-6-9-19-10-7-13)11-12(14)3-2-4-15(16)18/h12-14H,2-11H2,1H3/t12-,14+/m0/s1. The van der Waals surface area contributed by atoms with Crippen molar-refractivity contribution >= 4 is 5.91 Å². The van der Waals surface area contributed by atoms with Gasteiger partial charge in [-0.2, -0.15) is 0 Å². The van der Waals surface area contributed by atoms with E-state index in [0.717, 1.165) is 45.1 Å². The van der Waals surface area contributed by atoms with Crippen LogP contribution in [0, 0.1) is 5.92 Å². The Labute approximate surface area is 116 Å². The second-order valence-electron chi connectivity index (χ2n) is 6.35. The molecule has 3 fully saturated rings. The number of hydrogen-bond acceptors (Lipinski definition) is 3. The van der Waals surface area contributed by atoms with Crippen LogP contribution in [0.4, 0.5) is 0 Å². The maximum atomic E-state index is 11.9. The van der Waals surface area contributed by atoms with Crippen LogP contribution in [0.25, 0.3) is 0 Å². The summed E-state index contributed by atoms with van der Waals surface area (Å²) in [6, 6.07) is 1.21. The average Bonchev–Trinajstić information content (AvgIpc) is 2.60. The molecule has 2 atom stereocenters. The summed E-state index contributed by atoms with van der Waals surface area (Å²) >= 11 is 0. The number of carbonyl (C=O) groups is 1. The van der Waals surface area contributed by atoms with Gasteiger partial charge in [-0.05, 0) is 38.0 Å². The molecule has 0 aromatic heterocycles. The zero-order chi connectivity index (χ0) is 13.2. The van der Waals surface area contributed by atoms with Crippen molar-refractivity contribution in [3.63, 3.8) is 0 Å². The smallest absolute Gasteiger partial charge is 0.222 e. The topological polar surface area (TPSA) is 32.8 Å². The summed E-state index contributed by atoms with van der Waals surface area (Å²) in [5.74, 6) is 1.04. The minimum absolute atomic E-state index is 0.354. The van der Waals surface area contributed by atoms with Gasteiger partial charge in [0.2, 0.25) is 5.91 Å². The predicted molar refractivity (Wildman–Crippen MR) is 73.9 cm³/mol. The van der Waals surface area contributed by atoms with Gasteiger partial charge in [-0.25, -0.2) is 0 Å². The number of carbonyl (C=O) groups excluding carboxylic acids is 1. The van der Waals surface area contributed by atoms with Crippen LogP contribution in [0.2, 0.25) is 0 Å². The highest BCUT2D eigenvalue weighted by atomic mass is 16.5. The Kier molecular flexibility index (Phi) is 4.08. The largest absolute Gasteiger partial charge is 0.381 e. The summed E-state index contributed by atoms with van der Waals surface area (Å²) in [4.78, 5) is 16.7. The van der Waals surface area contributed by atoms with Gasteiger partial charge in [0.15, 0.2) is 0 Å². The molecule has 0 N–H and O–H groups in total. The van der Waals surface area contributed by atoms with Crippen molar-refractivity contribution in [2.75, 3.05) is 33.4 Å². The summed E-state index contributed by atoms with van der Waals surface area (Å²) in [7, 11) is 2.01. The fourth-order valence-corrected chi connectivity index (χ4v) is 4.10. The third-order valence-electron chi connectivity index (χ3n) is 5.29. The number of piperidine rings is 1. The average molecular weight is 266 g/mol. The van der Waals surface area contributed by atoms with E-state index in [-0.39, 0.29) is 0 Å². The molecule has 0 bridgehead atoms. The van der Waals surface area contributed by atoms with E-state index in [4.69, 9.17) is 4.74 Å². The fourth-order valence-electron chi connectivity index (χ4n) is 4.10. The first-order valence-corrected chi connectivity index (χ1v) is 7.83. The molecule has 0 radical (unpaired) electrons. The number of likely N-dealkylation sites (tertiary alicyclic amines) is 2. The molecule has 1 amide bonds. The molecule has 19 heavy (non-hydrogen) atoms. The second-order valence-corrected chi connectivity index (χ2v) is 6.35. The molecule has 0 aromatic rings. The number of ether oxygens (including phenoxy) is 1. The molecule has 0 unspecified atom stereocenters. The van der Waals surface area contributed by atoms with E-state index in [1.54, 1.807) is 0 Å². The Balaban J connectivity index is 1.64. The van der Waals surface area contributed by atoms with E-state index in [1.807, 2.05) is 11.9 Å². The SMILES string of the molecule is CN1C(=O)CCC[C@H]2CN(C3CCOCC3)CC[C@H]21. The first kappa shape index (κ1) is 13.4. The maximum absolute atomic E-state index is 11.9. The van der Waals surface area contributed by atoms with Gasteiger partial charge >= 0.3 is 0 Å². The molecule has 0 aromatic carbocycles. The molecule has 3 aliphatic rings. The Bertz CT molecular complexity index is 328. The van der Waals surface area contributed by atoms with Crippen molar-refractivity contribution in [1.82, 2.24) is 9.80 Å². The fraction of sp³-hybridized carbons (Fsp3) is 0.933. The molecule has 0 aliphatic carbocycles. The van der Waals surface area contributed by atoms with E-state index in [2.05, 4.69) is 4.90 Å². The van der Waals surface area contributed by atoms with E-state index < -0.39 is 0 Å². The molecule has 3 heterocycles. The van der Waals surface area contributed by atoms with Gasteiger partial charge in [0.05, 0.1) is 0 Å². The van der Waals surface area contributed by atoms with E-state index in [9.17, 15) is 4.79 Å². The van der Waals surface area contributed by atoms with Crippen LogP contribution in [0.3, 0.4) is 0 Å². The molecule has 108 valence electrons. The Hall–Kier alpha value is -0.610. The second kappa shape index (κ2) is 5.80. The Morgan fingerprint density at radius 3 is 2.74 bits per heavy atom. The lowest BCUT2D eigenvalue weighted by atomic mass is 9.87. The molecule has 4 nitrogen and oxygen atoms in total. The summed E-state index contributed by atoms with van der Waals surface area (Å²) in [5, 5.41) is 0. The summed E-state index contributed by atoms with van der Waals surface area (Å²) in [6.45, 7) is 4.19. The predicted octanol–water partition coefficient (Wildman–Crippen LogP) is 1.50. The molecular formula is C15H26N2O2. The number of hydrogen-bond donors (Lipinski definition) is 0. The minimum Gasteiger partial charge on any atom is -0.381 e. The van der Waals surface area contributed by atoms with Crippen molar-refractivity contribution < 1.29 is 9.53 Å². The lowest BCUT2D eigenvalue weighted by Crippen LogP contribution is -2.53. The van der Waals surface area contributed by atoms with Crippen molar-refractivity contribution in [3.05, 3.63) is 0 Å². The highest BCUT2D eigenvalue weighted by Crippen LogP contribution is 2.31. The molecule has 3 saturated heterocycles. The first-order valence-electron chi connectivity index (χ1n) is 7.83. The van der Waals surface area contributed by atoms with Crippen LogP contribution in [-0.4, -0.2) is 61.1 Å². The van der Waals surface area contributed by atoms with Gasteiger partial charge in [-0.3, -0.25) is 9.69 Å². The summed E-state index contributed by atoms with van der Waals surface area (Å²) in [6.07, 6.45) is 6.58. The zero-order valence-corrected chi connectivity index (χ0v) is 12.0. The van der Waals surface area contributed by atoms with E-state index >= 15 is 0 Å². The zero-order valence-electron chi connectivity index (χ0n) is 12.0. The van der Waals surface area contributed by atoms with Crippen molar-refractivity contribution in [3.8, 4) is 0 Å². The third-order valence-corrected chi connectivity index (χ3v) is 5.29. The number of rotatable bonds is 1. The normalized spacial score (nSPS) is 35.0. The Morgan fingerprint density at radius 1 is 1.16 bits per heavy atom. The van der Waals surface area contributed by atoms with Gasteiger partial charge in [0.1, 0.15) is 0 Å². The first-order chi connectivity index (χ1) is 9.25. The van der Waals surface area contributed by atoms with E-state index in [0.29, 0.717) is 17.9 Å². The van der Waals surface area contributed by atoms with Gasteiger partial charge in [-0.15, -0.1) is 0 Å².